The number of amides is 3. The molecule has 0 radical (unpaired) electrons. The van der Waals surface area contributed by atoms with Crippen LogP contribution < -0.4 is 17.2 Å². The fourth-order valence-electron chi connectivity index (χ4n) is 13.5. The predicted molar refractivity (Wildman–Crippen MR) is 395 cm³/mol. The maximum atomic E-state index is 17.8. The minimum absolute atomic E-state index is 0.00468. The molecule has 8 aromatic rings. The van der Waals surface area contributed by atoms with Crippen molar-refractivity contribution in [3.63, 3.8) is 0 Å². The molecule has 6 N–H and O–H groups in total. The van der Waals surface area contributed by atoms with Gasteiger partial charge in [-0.1, -0.05) is 155 Å². The highest BCUT2D eigenvalue weighted by Gasteiger charge is 2.64. The Morgan fingerprint density at radius 1 is 0.423 bits per heavy atom. The zero-order chi connectivity index (χ0) is 74.5. The molecule has 6 atom stereocenters. The fourth-order valence-corrected chi connectivity index (χ4v) is 18.0. The number of hydrogen-bond donors (Lipinski definition) is 3. The summed E-state index contributed by atoms with van der Waals surface area (Å²) in [6.07, 6.45) is -1.82. The second-order valence-electron chi connectivity index (χ2n) is 25.5. The molecule has 0 spiro atoms. The Labute approximate surface area is 620 Å². The lowest BCUT2D eigenvalue weighted by atomic mass is 9.74. The first-order valence-corrected chi connectivity index (χ1v) is 36.5. The molecule has 0 saturated carbocycles. The SMILES string of the molecule is COC(CCC(OC)(C(=O)N1N=C(c2cc(F)ccc2F)SC1(CCCN)c1ccc(Cl)cc1)c1ccc(Cl)cc1)(C[C@@](OC)(C(=O)N1N=C(c2cc(F)ccc2F)SC1(CCCN)c1ccc(C)cc1)c1ccc(C)cc1)C(=O)N1N=C(c2cc(F)ccc2F)SC1(CCCN)c1ccc(F)cc1. The third-order valence-corrected chi connectivity index (χ3v) is 24.0. The zero-order valence-electron chi connectivity index (χ0n) is 57.2. The van der Waals surface area contributed by atoms with Gasteiger partial charge in [0.15, 0.2) is 16.8 Å². The molecule has 0 fully saturated rings. The third-order valence-electron chi connectivity index (χ3n) is 19.1. The quantitative estimate of drug-likeness (QED) is 0.0392. The summed E-state index contributed by atoms with van der Waals surface area (Å²) in [4.78, 5) is 47.4. The molecule has 5 unspecified atom stereocenters. The average molecular weight is 1520 g/mol. The van der Waals surface area contributed by atoms with Gasteiger partial charge in [0.05, 0.1) is 0 Å². The number of halogens is 9. The highest BCUT2D eigenvalue weighted by Crippen LogP contribution is 2.58. The standard InChI is InChI=1S/C77H74Cl2F7N9O6S3/c1-47-9-13-50(14-10-47)74(101-5,71(98)95-76(36-7-41-88,51-15-11-48(2)12-16-51)103-68(92-95)62-45-59(83)31-34-65(62)86)46-72(99-3,69(96)93-75(35-6-40-87,53-21-27-56(80)28-22-53)102-66(90-93)60-43-57(81)29-32-63(60)84)38-39-73(100-4,49-17-23-54(78)24-18-49)70(97)94-77(37-8-42-89,52-19-25-55(79)26-20-52)104-67(91-94)61-44-58(82)30-33-64(61)85/h9-34,43-45H,6-8,35-42,46,87-89H2,1-5H3/t72?,73?,74-,75?,76?,77?/m0/s1. The monoisotopic (exact) mass is 1520 g/mol. The molecule has 0 aliphatic carbocycles. The van der Waals surface area contributed by atoms with E-state index in [9.17, 15) is 0 Å². The van der Waals surface area contributed by atoms with Gasteiger partial charge in [0.1, 0.15) is 70.5 Å². The van der Waals surface area contributed by atoms with Gasteiger partial charge < -0.3 is 31.4 Å². The molecule has 104 heavy (non-hydrogen) atoms. The summed E-state index contributed by atoms with van der Waals surface area (Å²) in [5, 5.41) is 18.2. The number of nitrogens with two attached hydrogens (primary N) is 3. The first-order chi connectivity index (χ1) is 49.8. The van der Waals surface area contributed by atoms with Gasteiger partial charge in [-0.3, -0.25) is 14.4 Å². The second-order valence-corrected chi connectivity index (χ2v) is 30.1. The zero-order valence-corrected chi connectivity index (χ0v) is 61.2. The van der Waals surface area contributed by atoms with E-state index in [2.05, 4.69) is 0 Å². The summed E-state index contributed by atoms with van der Waals surface area (Å²) in [7, 11) is 3.65. The Hall–Kier alpha value is -7.92. The Kier molecular flexibility index (Phi) is 23.8. The number of carbonyl (C=O) groups is 3. The van der Waals surface area contributed by atoms with Crippen molar-refractivity contribution in [2.45, 2.75) is 103 Å². The summed E-state index contributed by atoms with van der Waals surface area (Å²) >= 11 is 16.0. The fraction of sp³-hybridized carbons (Fsp3) is 0.299. The van der Waals surface area contributed by atoms with Crippen molar-refractivity contribution in [1.29, 1.82) is 0 Å². The normalized spacial score (nSPS) is 19.9. The number of methoxy groups -OCH3 is 3. The molecule has 15 nitrogen and oxygen atoms in total. The summed E-state index contributed by atoms with van der Waals surface area (Å²) in [5.41, 5.74) is 13.2. The van der Waals surface area contributed by atoms with Crippen molar-refractivity contribution in [3.05, 3.63) is 282 Å². The van der Waals surface area contributed by atoms with E-state index in [0.717, 1.165) is 123 Å². The minimum Gasteiger partial charge on any atom is -0.368 e. The molecule has 27 heteroatoms. The summed E-state index contributed by atoms with van der Waals surface area (Å²) < 4.78 is 132. The smallest absolute Gasteiger partial charge is 0.281 e. The van der Waals surface area contributed by atoms with Crippen LogP contribution in [-0.4, -0.2) is 94.4 Å². The number of hydrazone groups is 3. The Bertz CT molecular complexity index is 4600. The van der Waals surface area contributed by atoms with Crippen molar-refractivity contribution in [2.24, 2.45) is 32.5 Å². The number of rotatable bonds is 28. The van der Waals surface area contributed by atoms with Gasteiger partial charge in [-0.15, -0.1) is 0 Å². The van der Waals surface area contributed by atoms with Gasteiger partial charge in [0.2, 0.25) is 0 Å². The lowest BCUT2D eigenvalue weighted by molar-refractivity contribution is -0.187. The molecule has 3 aliphatic rings. The van der Waals surface area contributed by atoms with Crippen LogP contribution in [0.25, 0.3) is 0 Å². The third kappa shape index (κ3) is 14.7. The molecule has 3 amide bonds. The lowest BCUT2D eigenvalue weighted by Crippen LogP contribution is -2.61. The number of thioether (sulfide) groups is 3. The summed E-state index contributed by atoms with van der Waals surface area (Å²) in [5.74, 6) is -8.91. The summed E-state index contributed by atoms with van der Waals surface area (Å²) in [6, 6.07) is 39.8. The molecule has 3 aliphatic heterocycles. The van der Waals surface area contributed by atoms with Crippen LogP contribution in [0, 0.1) is 54.6 Å². The van der Waals surface area contributed by atoms with Gasteiger partial charge in [0.25, 0.3) is 17.7 Å². The van der Waals surface area contributed by atoms with E-state index in [-0.39, 0.29) is 112 Å². The van der Waals surface area contributed by atoms with Crippen molar-refractivity contribution in [1.82, 2.24) is 15.0 Å². The van der Waals surface area contributed by atoms with E-state index in [4.69, 9.17) is 69.9 Å². The van der Waals surface area contributed by atoms with Gasteiger partial charge >= 0.3 is 0 Å². The van der Waals surface area contributed by atoms with E-state index >= 15 is 45.1 Å². The van der Waals surface area contributed by atoms with Crippen molar-refractivity contribution >= 4 is 91.3 Å². The molecule has 544 valence electrons. The van der Waals surface area contributed by atoms with E-state index < -0.39 is 109 Å². The van der Waals surface area contributed by atoms with Crippen LogP contribution in [-0.2, 0) is 54.4 Å². The van der Waals surface area contributed by atoms with Crippen LogP contribution >= 0.6 is 58.5 Å². The molecule has 11 rings (SSSR count). The van der Waals surface area contributed by atoms with Gasteiger partial charge in [-0.2, -0.15) is 15.3 Å². The minimum atomic E-state index is -2.68. The molecular weight excluding hydrogens is 1450 g/mol. The Morgan fingerprint density at radius 3 is 1.12 bits per heavy atom. The number of hydrogen-bond acceptors (Lipinski definition) is 15. The van der Waals surface area contributed by atoms with Crippen molar-refractivity contribution < 1.29 is 59.3 Å². The van der Waals surface area contributed by atoms with E-state index in [0.29, 0.717) is 21.7 Å². The Balaban J connectivity index is 1.21. The Morgan fingerprint density at radius 2 is 0.740 bits per heavy atom. The number of aryl methyl sites for hydroxylation is 2. The molecule has 0 bridgehead atoms. The van der Waals surface area contributed by atoms with Crippen LogP contribution in [0.4, 0.5) is 30.7 Å². The largest absolute Gasteiger partial charge is 0.368 e. The van der Waals surface area contributed by atoms with E-state index in [1.807, 2.05) is 19.1 Å². The highest BCUT2D eigenvalue weighted by atomic mass is 35.5. The number of nitrogens with zero attached hydrogens (tertiary/aromatic N) is 6. The molecule has 3 heterocycles. The van der Waals surface area contributed by atoms with Crippen molar-refractivity contribution in [3.8, 4) is 0 Å². The number of ether oxygens (including phenoxy) is 3. The number of benzene rings is 8. The number of carbonyl (C=O) groups excluding carboxylic acids is 3. The van der Waals surface area contributed by atoms with Crippen LogP contribution in [0.3, 0.4) is 0 Å². The maximum absolute atomic E-state index is 17.8. The van der Waals surface area contributed by atoms with Crippen LogP contribution in [0.1, 0.15) is 113 Å². The highest BCUT2D eigenvalue weighted by molar-refractivity contribution is 8.16. The lowest BCUT2D eigenvalue weighted by Gasteiger charge is -2.47. The maximum Gasteiger partial charge on any atom is 0.281 e. The van der Waals surface area contributed by atoms with E-state index in [1.165, 1.54) is 57.7 Å². The average Bonchev–Trinajstić information content (AvgIpc) is 1.50. The molecule has 8 aromatic carbocycles. The summed E-state index contributed by atoms with van der Waals surface area (Å²) in [6.45, 7) is 3.81. The second kappa shape index (κ2) is 32.0. The van der Waals surface area contributed by atoms with Gasteiger partial charge in [0, 0.05) is 54.5 Å². The predicted octanol–water partition coefficient (Wildman–Crippen LogP) is 16.1. The first kappa shape index (κ1) is 77.2. The molecule has 0 saturated heterocycles. The van der Waals surface area contributed by atoms with Crippen LogP contribution in [0.5, 0.6) is 0 Å². The van der Waals surface area contributed by atoms with Gasteiger partial charge in [-0.25, -0.2) is 45.8 Å². The topological polar surface area (TPSA) is 204 Å². The first-order valence-electron chi connectivity index (χ1n) is 33.3. The van der Waals surface area contributed by atoms with Crippen molar-refractivity contribution in [2.75, 3.05) is 41.0 Å². The van der Waals surface area contributed by atoms with Crippen LogP contribution in [0.2, 0.25) is 10.0 Å². The molecular formula is C77H74Cl2F7N9O6S3. The van der Waals surface area contributed by atoms with Gasteiger partial charge in [-0.05, 0) is 204 Å². The van der Waals surface area contributed by atoms with E-state index in [1.54, 1.807) is 67.6 Å². The van der Waals surface area contributed by atoms with Crippen LogP contribution in [0.15, 0.2) is 191 Å². The molecule has 0 aromatic heterocycles.